The van der Waals surface area contributed by atoms with Gasteiger partial charge in [-0.1, -0.05) is 0 Å². The first kappa shape index (κ1) is 14.2. The minimum atomic E-state index is -2.89. The largest absolute Gasteiger partial charge is 0.307 e. The third-order valence-corrected chi connectivity index (χ3v) is 6.46. The fraction of sp³-hybridized carbons (Fsp3) is 0.833. The van der Waals surface area contributed by atoms with Crippen LogP contribution in [0.4, 0.5) is 0 Å². The summed E-state index contributed by atoms with van der Waals surface area (Å²) in [7, 11) is -1.01. The molecule has 3 rings (SSSR count). The van der Waals surface area contributed by atoms with Gasteiger partial charge in [0.2, 0.25) is 0 Å². The molecule has 112 valence electrons. The molecule has 0 radical (unpaired) electrons. The molecule has 0 N–H and O–H groups in total. The van der Waals surface area contributed by atoms with Crippen LogP contribution in [0.15, 0.2) is 0 Å². The van der Waals surface area contributed by atoms with E-state index in [4.69, 9.17) is 12.2 Å². The summed E-state index contributed by atoms with van der Waals surface area (Å²) < 4.78 is 27.6. The summed E-state index contributed by atoms with van der Waals surface area (Å²) in [6.45, 7) is 2.89. The van der Waals surface area contributed by atoms with Crippen LogP contribution < -0.4 is 0 Å². The Balaban J connectivity index is 1.84. The summed E-state index contributed by atoms with van der Waals surface area (Å²) in [5, 5.41) is 4.59. The zero-order valence-corrected chi connectivity index (χ0v) is 13.3. The SMILES string of the molecule is Cn1c([C@H]2CCS(=O)(=O)C2)nn(CN2CCCC2)c1=S. The second-order valence-electron chi connectivity index (χ2n) is 5.77. The van der Waals surface area contributed by atoms with Gasteiger partial charge >= 0.3 is 0 Å². The topological polar surface area (TPSA) is 60.1 Å². The number of sulfone groups is 1. The van der Waals surface area contributed by atoms with E-state index in [1.807, 2.05) is 16.3 Å². The summed E-state index contributed by atoms with van der Waals surface area (Å²) >= 11 is 5.43. The van der Waals surface area contributed by atoms with E-state index in [0.29, 0.717) is 17.9 Å². The fourth-order valence-corrected chi connectivity index (χ4v) is 5.00. The van der Waals surface area contributed by atoms with Crippen LogP contribution in [0.1, 0.15) is 31.0 Å². The second kappa shape index (κ2) is 5.23. The van der Waals surface area contributed by atoms with Crippen molar-refractivity contribution < 1.29 is 8.42 Å². The highest BCUT2D eigenvalue weighted by atomic mass is 32.2. The maximum atomic E-state index is 11.6. The standard InChI is InChI=1S/C12H20N4O2S2/c1-14-11(10-4-7-20(17,18)8-10)13-16(12(14)19)9-15-5-2-3-6-15/h10H,2-9H2,1H3/t10-/m0/s1. The molecule has 0 saturated carbocycles. The molecular formula is C12H20N4O2S2. The number of nitrogens with zero attached hydrogens (tertiary/aromatic N) is 4. The third-order valence-electron chi connectivity index (χ3n) is 4.20. The predicted octanol–water partition coefficient (Wildman–Crippen LogP) is 0.906. The lowest BCUT2D eigenvalue weighted by Gasteiger charge is -2.13. The predicted molar refractivity (Wildman–Crippen MR) is 78.9 cm³/mol. The van der Waals surface area contributed by atoms with Gasteiger partial charge in [-0.2, -0.15) is 5.10 Å². The maximum Gasteiger partial charge on any atom is 0.198 e. The highest BCUT2D eigenvalue weighted by Crippen LogP contribution is 2.27. The molecule has 0 amide bonds. The lowest BCUT2D eigenvalue weighted by Crippen LogP contribution is -2.23. The first-order valence-electron chi connectivity index (χ1n) is 7.03. The molecule has 0 aliphatic carbocycles. The summed E-state index contributed by atoms with van der Waals surface area (Å²) in [6, 6.07) is 0. The lowest BCUT2D eigenvalue weighted by molar-refractivity contribution is 0.252. The summed E-state index contributed by atoms with van der Waals surface area (Å²) in [4.78, 5) is 2.33. The van der Waals surface area contributed by atoms with Crippen molar-refractivity contribution in [3.05, 3.63) is 10.6 Å². The van der Waals surface area contributed by atoms with Crippen molar-refractivity contribution in [2.45, 2.75) is 31.8 Å². The second-order valence-corrected chi connectivity index (χ2v) is 8.36. The highest BCUT2D eigenvalue weighted by molar-refractivity contribution is 7.91. The van der Waals surface area contributed by atoms with Crippen molar-refractivity contribution in [3.8, 4) is 0 Å². The highest BCUT2D eigenvalue weighted by Gasteiger charge is 2.32. The van der Waals surface area contributed by atoms with Gasteiger partial charge in [-0.05, 0) is 44.6 Å². The van der Waals surface area contributed by atoms with Crippen molar-refractivity contribution >= 4 is 22.1 Å². The van der Waals surface area contributed by atoms with Crippen LogP contribution >= 0.6 is 12.2 Å². The molecular weight excluding hydrogens is 296 g/mol. The number of aromatic nitrogens is 3. The smallest absolute Gasteiger partial charge is 0.198 e. The zero-order chi connectivity index (χ0) is 14.3. The number of hydrogen-bond donors (Lipinski definition) is 0. The van der Waals surface area contributed by atoms with E-state index in [0.717, 1.165) is 18.9 Å². The molecule has 6 nitrogen and oxygen atoms in total. The van der Waals surface area contributed by atoms with Crippen LogP contribution in [-0.4, -0.2) is 52.3 Å². The minimum absolute atomic E-state index is 0.00784. The van der Waals surface area contributed by atoms with E-state index in [9.17, 15) is 8.42 Å². The monoisotopic (exact) mass is 316 g/mol. The van der Waals surface area contributed by atoms with Gasteiger partial charge in [0.25, 0.3) is 0 Å². The Morgan fingerprint density at radius 1 is 1.35 bits per heavy atom. The molecule has 0 aromatic carbocycles. The van der Waals surface area contributed by atoms with Gasteiger partial charge < -0.3 is 4.57 Å². The van der Waals surface area contributed by atoms with E-state index in [1.165, 1.54) is 12.8 Å². The molecule has 2 saturated heterocycles. The zero-order valence-electron chi connectivity index (χ0n) is 11.7. The number of likely N-dealkylation sites (tertiary alicyclic amines) is 1. The van der Waals surface area contributed by atoms with E-state index in [2.05, 4.69) is 10.00 Å². The van der Waals surface area contributed by atoms with Gasteiger partial charge in [0.1, 0.15) is 5.82 Å². The molecule has 0 unspecified atom stereocenters. The number of rotatable bonds is 3. The van der Waals surface area contributed by atoms with Crippen LogP contribution in [0.3, 0.4) is 0 Å². The molecule has 3 heterocycles. The van der Waals surface area contributed by atoms with Gasteiger partial charge in [0.15, 0.2) is 14.6 Å². The summed E-state index contributed by atoms with van der Waals surface area (Å²) in [6.07, 6.45) is 3.12. The van der Waals surface area contributed by atoms with Crippen LogP contribution in [0.5, 0.6) is 0 Å². The van der Waals surface area contributed by atoms with Crippen molar-refractivity contribution in [2.24, 2.45) is 7.05 Å². The van der Waals surface area contributed by atoms with Crippen LogP contribution in [0.2, 0.25) is 0 Å². The maximum absolute atomic E-state index is 11.6. The van der Waals surface area contributed by atoms with Crippen molar-refractivity contribution in [1.82, 2.24) is 19.2 Å². The van der Waals surface area contributed by atoms with Gasteiger partial charge in [0.05, 0.1) is 18.2 Å². The van der Waals surface area contributed by atoms with Crippen molar-refractivity contribution in [1.29, 1.82) is 0 Å². The summed E-state index contributed by atoms with van der Waals surface area (Å²) in [5.41, 5.74) is 0. The molecule has 1 aromatic rings. The Bertz CT molecular complexity index is 655. The molecule has 0 bridgehead atoms. The van der Waals surface area contributed by atoms with E-state index < -0.39 is 9.84 Å². The Morgan fingerprint density at radius 3 is 2.65 bits per heavy atom. The van der Waals surface area contributed by atoms with Crippen LogP contribution in [0, 0.1) is 4.77 Å². The fourth-order valence-electron chi connectivity index (χ4n) is 3.06. The van der Waals surface area contributed by atoms with E-state index >= 15 is 0 Å². The Morgan fingerprint density at radius 2 is 2.05 bits per heavy atom. The van der Waals surface area contributed by atoms with Gasteiger partial charge in [-0.15, -0.1) is 0 Å². The Labute approximate surface area is 124 Å². The lowest BCUT2D eigenvalue weighted by atomic mass is 10.1. The van der Waals surface area contributed by atoms with Crippen molar-refractivity contribution in [2.75, 3.05) is 24.6 Å². The molecule has 0 spiro atoms. The van der Waals surface area contributed by atoms with E-state index in [-0.39, 0.29) is 17.4 Å². The Hall–Kier alpha value is -0.730. The van der Waals surface area contributed by atoms with Crippen LogP contribution in [0.25, 0.3) is 0 Å². The van der Waals surface area contributed by atoms with Gasteiger partial charge in [-0.3, -0.25) is 4.90 Å². The summed E-state index contributed by atoms with van der Waals surface area (Å²) in [5.74, 6) is 1.28. The first-order valence-corrected chi connectivity index (χ1v) is 9.26. The molecule has 2 aliphatic rings. The van der Waals surface area contributed by atoms with E-state index in [1.54, 1.807) is 0 Å². The third kappa shape index (κ3) is 2.68. The minimum Gasteiger partial charge on any atom is -0.307 e. The molecule has 2 fully saturated rings. The van der Waals surface area contributed by atoms with Gasteiger partial charge in [0, 0.05) is 13.0 Å². The number of hydrogen-bond acceptors (Lipinski definition) is 5. The molecule has 2 aliphatic heterocycles. The quantitative estimate of drug-likeness (QED) is 0.776. The molecule has 8 heteroatoms. The normalized spacial score (nSPS) is 26.4. The Kier molecular flexibility index (Phi) is 3.72. The average molecular weight is 316 g/mol. The average Bonchev–Trinajstić information content (AvgIpc) is 3.07. The first-order chi connectivity index (χ1) is 9.46. The van der Waals surface area contributed by atoms with Crippen molar-refractivity contribution in [3.63, 3.8) is 0 Å². The molecule has 1 aromatic heterocycles. The van der Waals surface area contributed by atoms with Crippen LogP contribution in [-0.2, 0) is 23.6 Å². The molecule has 1 atom stereocenters. The molecule has 20 heavy (non-hydrogen) atoms. The van der Waals surface area contributed by atoms with Gasteiger partial charge in [-0.25, -0.2) is 13.1 Å².